The number of rotatable bonds is 8. The zero-order chi connectivity index (χ0) is 19.8. The number of aromatic nitrogens is 2. The van der Waals surface area contributed by atoms with E-state index in [0.717, 1.165) is 45.0 Å². The van der Waals surface area contributed by atoms with Crippen LogP contribution in [0, 0.1) is 0 Å². The Morgan fingerprint density at radius 3 is 2.57 bits per heavy atom. The van der Waals surface area contributed by atoms with Crippen LogP contribution in [0.15, 0.2) is 29.5 Å². The van der Waals surface area contributed by atoms with Gasteiger partial charge in [-0.3, -0.25) is 14.6 Å². The molecule has 1 aliphatic rings. The van der Waals surface area contributed by atoms with Gasteiger partial charge in [-0.15, -0.1) is 24.0 Å². The summed E-state index contributed by atoms with van der Waals surface area (Å²) in [5.41, 5.74) is 2.43. The van der Waals surface area contributed by atoms with Crippen LogP contribution in [-0.4, -0.2) is 78.4 Å². The molecule has 0 amide bonds. The number of aryl methyl sites for hydroxylation is 1. The van der Waals surface area contributed by atoms with E-state index < -0.39 is 0 Å². The first-order valence-electron chi connectivity index (χ1n) is 9.95. The van der Waals surface area contributed by atoms with E-state index in [1.165, 1.54) is 11.1 Å². The summed E-state index contributed by atoms with van der Waals surface area (Å²) in [6.07, 6.45) is 6.27. The molecule has 2 N–H and O–H groups in total. The third kappa shape index (κ3) is 8.08. The van der Waals surface area contributed by atoms with Crippen LogP contribution in [0.2, 0.25) is 0 Å². The number of hydrogen-bond acceptors (Lipinski definition) is 4. The standard InChI is InChI=1S/C20H37N7.HI/c1-7-21-20(24-18-8-10-27(11-9-18)14-16(2)3)22-13-19(25(4)5)17-12-23-26(6)15-17;/h12,15,18-19H,2,7-11,13-14H2,1,3-6H3,(H2,21,22,24);1H. The van der Waals surface area contributed by atoms with E-state index in [-0.39, 0.29) is 30.0 Å². The van der Waals surface area contributed by atoms with Gasteiger partial charge in [0.1, 0.15) is 0 Å². The predicted octanol–water partition coefficient (Wildman–Crippen LogP) is 2.24. The largest absolute Gasteiger partial charge is 0.357 e. The van der Waals surface area contributed by atoms with E-state index in [2.05, 4.69) is 66.3 Å². The summed E-state index contributed by atoms with van der Waals surface area (Å²) >= 11 is 0. The smallest absolute Gasteiger partial charge is 0.191 e. The fraction of sp³-hybridized carbons (Fsp3) is 0.700. The first-order valence-corrected chi connectivity index (χ1v) is 9.95. The second-order valence-corrected chi connectivity index (χ2v) is 7.80. The number of guanidine groups is 1. The van der Waals surface area contributed by atoms with Crippen molar-refractivity contribution >= 4 is 29.9 Å². The Kier molecular flexibility index (Phi) is 11.1. The molecule has 28 heavy (non-hydrogen) atoms. The van der Waals surface area contributed by atoms with Crippen LogP contribution in [-0.2, 0) is 7.05 Å². The molecule has 0 aliphatic carbocycles. The van der Waals surface area contributed by atoms with Gasteiger partial charge in [-0.05, 0) is 40.8 Å². The first kappa shape index (κ1) is 24.9. The highest BCUT2D eigenvalue weighted by molar-refractivity contribution is 14.0. The Balaban J connectivity index is 0.00000392. The topological polar surface area (TPSA) is 60.7 Å². The molecule has 7 nitrogen and oxygen atoms in total. The van der Waals surface area contributed by atoms with E-state index in [4.69, 9.17) is 4.99 Å². The van der Waals surface area contributed by atoms with E-state index >= 15 is 0 Å². The summed E-state index contributed by atoms with van der Waals surface area (Å²) in [4.78, 5) is 9.55. The first-order chi connectivity index (χ1) is 12.9. The molecule has 2 rings (SSSR count). The van der Waals surface area contributed by atoms with Crippen molar-refractivity contribution in [1.82, 2.24) is 30.2 Å². The lowest BCUT2D eigenvalue weighted by molar-refractivity contribution is 0.221. The maximum absolute atomic E-state index is 4.87. The summed E-state index contributed by atoms with van der Waals surface area (Å²) in [5, 5.41) is 11.3. The molecule has 8 heteroatoms. The number of nitrogens with zero attached hydrogens (tertiary/aromatic N) is 5. The molecule has 1 unspecified atom stereocenters. The van der Waals surface area contributed by atoms with Crippen LogP contribution in [0.3, 0.4) is 0 Å². The van der Waals surface area contributed by atoms with Gasteiger partial charge in [0.05, 0.1) is 18.8 Å². The maximum Gasteiger partial charge on any atom is 0.191 e. The third-order valence-corrected chi connectivity index (χ3v) is 4.92. The third-order valence-electron chi connectivity index (χ3n) is 4.92. The summed E-state index contributed by atoms with van der Waals surface area (Å²) < 4.78 is 1.84. The second-order valence-electron chi connectivity index (χ2n) is 7.80. The fourth-order valence-corrected chi connectivity index (χ4v) is 3.49. The van der Waals surface area contributed by atoms with Gasteiger partial charge in [0.2, 0.25) is 0 Å². The van der Waals surface area contributed by atoms with Crippen molar-refractivity contribution in [3.63, 3.8) is 0 Å². The van der Waals surface area contributed by atoms with E-state index in [0.29, 0.717) is 12.6 Å². The number of likely N-dealkylation sites (N-methyl/N-ethyl adjacent to an activating group) is 1. The molecule has 0 saturated carbocycles. The van der Waals surface area contributed by atoms with Gasteiger partial charge in [-0.2, -0.15) is 5.10 Å². The molecular formula is C20H38IN7. The molecule has 2 heterocycles. The van der Waals surface area contributed by atoms with Crippen molar-refractivity contribution in [3.8, 4) is 0 Å². The zero-order valence-corrected chi connectivity index (χ0v) is 20.4. The van der Waals surface area contributed by atoms with Crippen LogP contribution in [0.25, 0.3) is 0 Å². The Morgan fingerprint density at radius 2 is 2.07 bits per heavy atom. The molecule has 1 fully saturated rings. The number of aliphatic imine (C=N–C) groups is 1. The minimum absolute atomic E-state index is 0. The Morgan fingerprint density at radius 1 is 1.39 bits per heavy atom. The molecule has 1 atom stereocenters. The molecule has 0 radical (unpaired) electrons. The summed E-state index contributed by atoms with van der Waals surface area (Å²) in [6, 6.07) is 0.687. The van der Waals surface area contributed by atoms with Gasteiger partial charge in [0.25, 0.3) is 0 Å². The monoisotopic (exact) mass is 503 g/mol. The highest BCUT2D eigenvalue weighted by atomic mass is 127. The highest BCUT2D eigenvalue weighted by Gasteiger charge is 2.20. The van der Waals surface area contributed by atoms with Crippen molar-refractivity contribution in [2.45, 2.75) is 38.8 Å². The van der Waals surface area contributed by atoms with Crippen LogP contribution in [0.4, 0.5) is 0 Å². The SMILES string of the molecule is C=C(C)CN1CCC(NC(=NCC(c2cnn(C)c2)N(C)C)NCC)CC1.I. The molecular weight excluding hydrogens is 465 g/mol. The van der Waals surface area contributed by atoms with Gasteiger partial charge in [-0.25, -0.2) is 0 Å². The lowest BCUT2D eigenvalue weighted by Gasteiger charge is -2.33. The Labute approximate surface area is 187 Å². The van der Waals surface area contributed by atoms with Crippen molar-refractivity contribution < 1.29 is 0 Å². The second kappa shape index (κ2) is 12.4. The van der Waals surface area contributed by atoms with Gasteiger partial charge in [-0.1, -0.05) is 12.2 Å². The van der Waals surface area contributed by atoms with Crippen molar-refractivity contribution in [2.24, 2.45) is 12.0 Å². The minimum Gasteiger partial charge on any atom is -0.357 e. The Hall–Kier alpha value is -1.13. The predicted molar refractivity (Wildman–Crippen MR) is 128 cm³/mol. The number of piperidine rings is 1. The number of likely N-dealkylation sites (tertiary alicyclic amines) is 1. The number of hydrogen-bond donors (Lipinski definition) is 2. The van der Waals surface area contributed by atoms with E-state index in [1.54, 1.807) is 0 Å². The molecule has 0 bridgehead atoms. The lowest BCUT2D eigenvalue weighted by Crippen LogP contribution is -2.49. The average Bonchev–Trinajstić information content (AvgIpc) is 3.02. The quantitative estimate of drug-likeness (QED) is 0.247. The van der Waals surface area contributed by atoms with Crippen LogP contribution in [0.5, 0.6) is 0 Å². The van der Waals surface area contributed by atoms with E-state index in [9.17, 15) is 0 Å². The summed E-state index contributed by atoms with van der Waals surface area (Å²) in [7, 11) is 6.13. The van der Waals surface area contributed by atoms with Crippen LogP contribution >= 0.6 is 24.0 Å². The summed E-state index contributed by atoms with van der Waals surface area (Å²) in [5.74, 6) is 0.909. The van der Waals surface area contributed by atoms with Gasteiger partial charge >= 0.3 is 0 Å². The molecule has 0 spiro atoms. The molecule has 1 saturated heterocycles. The zero-order valence-electron chi connectivity index (χ0n) is 18.1. The molecule has 160 valence electrons. The van der Waals surface area contributed by atoms with Crippen molar-refractivity contribution in [1.29, 1.82) is 0 Å². The Bertz CT molecular complexity index is 618. The van der Waals surface area contributed by atoms with E-state index in [1.807, 2.05) is 17.9 Å². The number of nitrogens with one attached hydrogen (secondary N) is 2. The van der Waals surface area contributed by atoms with Crippen molar-refractivity contribution in [3.05, 3.63) is 30.1 Å². The molecule has 0 aromatic carbocycles. The highest BCUT2D eigenvalue weighted by Crippen LogP contribution is 2.17. The molecule has 1 aromatic heterocycles. The van der Waals surface area contributed by atoms with Gasteiger partial charge in [0, 0.05) is 51.0 Å². The molecule has 1 aromatic rings. The van der Waals surface area contributed by atoms with Gasteiger partial charge < -0.3 is 15.5 Å². The van der Waals surface area contributed by atoms with Gasteiger partial charge in [0.15, 0.2) is 5.96 Å². The maximum atomic E-state index is 4.87. The minimum atomic E-state index is 0. The fourth-order valence-electron chi connectivity index (χ4n) is 3.49. The average molecular weight is 503 g/mol. The normalized spacial score (nSPS) is 17.3. The van der Waals surface area contributed by atoms with Crippen LogP contribution in [0.1, 0.15) is 38.3 Å². The summed E-state index contributed by atoms with van der Waals surface area (Å²) in [6.45, 7) is 13.0. The lowest BCUT2D eigenvalue weighted by atomic mass is 10.0. The van der Waals surface area contributed by atoms with Crippen LogP contribution < -0.4 is 10.6 Å². The number of halogens is 1. The molecule has 1 aliphatic heterocycles. The van der Waals surface area contributed by atoms with Crippen molar-refractivity contribution in [2.75, 3.05) is 46.8 Å².